The van der Waals surface area contributed by atoms with Crippen LogP contribution in [0, 0.1) is 18.3 Å². The van der Waals surface area contributed by atoms with Gasteiger partial charge in [0.2, 0.25) is 0 Å². The lowest BCUT2D eigenvalue weighted by atomic mass is 9.71. The van der Waals surface area contributed by atoms with Crippen molar-refractivity contribution in [2.24, 2.45) is 11.8 Å². The van der Waals surface area contributed by atoms with Crippen LogP contribution in [-0.2, 0) is 0 Å². The van der Waals surface area contributed by atoms with Crippen LogP contribution >= 0.6 is 0 Å². The van der Waals surface area contributed by atoms with E-state index in [0.29, 0.717) is 0 Å². The second-order valence-electron chi connectivity index (χ2n) is 4.32. The summed E-state index contributed by atoms with van der Waals surface area (Å²) in [6.07, 6.45) is 17.0. The molecule has 0 aliphatic heterocycles. The predicted octanol–water partition coefficient (Wildman–Crippen LogP) is 3.43. The summed E-state index contributed by atoms with van der Waals surface area (Å²) >= 11 is 0. The van der Waals surface area contributed by atoms with E-state index < -0.39 is 0 Å². The lowest BCUT2D eigenvalue weighted by molar-refractivity contribution is 0.370. The maximum Gasteiger partial charge on any atom is 0.00895 e. The van der Waals surface area contributed by atoms with Gasteiger partial charge in [-0.15, -0.1) is 0 Å². The van der Waals surface area contributed by atoms with E-state index in [9.17, 15) is 0 Å². The van der Waals surface area contributed by atoms with Crippen molar-refractivity contribution in [1.29, 1.82) is 0 Å². The molecule has 0 N–H and O–H groups in total. The van der Waals surface area contributed by atoms with E-state index in [4.69, 9.17) is 0 Å². The minimum atomic E-state index is 0.851. The molecule has 0 amide bonds. The molecule has 0 aromatic carbocycles. The van der Waals surface area contributed by atoms with Crippen molar-refractivity contribution in [2.45, 2.75) is 25.7 Å². The van der Waals surface area contributed by atoms with E-state index in [1.165, 1.54) is 25.7 Å². The topological polar surface area (TPSA) is 0 Å². The lowest BCUT2D eigenvalue weighted by Gasteiger charge is -2.33. The van der Waals surface area contributed by atoms with Crippen LogP contribution in [0.25, 0.3) is 0 Å². The Morgan fingerprint density at radius 1 is 1.23 bits per heavy atom. The summed E-state index contributed by atoms with van der Waals surface area (Å²) in [5.41, 5.74) is 3.28. The first kappa shape index (κ1) is 7.61. The number of hydrogen-bond donors (Lipinski definition) is 0. The molecule has 3 aliphatic carbocycles. The normalized spacial score (nSPS) is 36.3. The van der Waals surface area contributed by atoms with Crippen LogP contribution in [0.1, 0.15) is 25.7 Å². The van der Waals surface area contributed by atoms with Crippen molar-refractivity contribution in [3.8, 4) is 0 Å². The van der Waals surface area contributed by atoms with E-state index in [-0.39, 0.29) is 0 Å². The van der Waals surface area contributed by atoms with Gasteiger partial charge in [0.15, 0.2) is 0 Å². The smallest absolute Gasteiger partial charge is 0.00895 e. The summed E-state index contributed by atoms with van der Waals surface area (Å²) in [6.45, 7) is 0. The van der Waals surface area contributed by atoms with Gasteiger partial charge >= 0.3 is 0 Å². The summed E-state index contributed by atoms with van der Waals surface area (Å²) in [5.74, 6) is 1.70. The largest absolute Gasteiger partial charge is 0.0882 e. The van der Waals surface area contributed by atoms with Gasteiger partial charge in [-0.1, -0.05) is 29.9 Å². The average Bonchev–Trinajstić information content (AvgIpc) is 2.65. The molecule has 2 unspecified atom stereocenters. The first-order valence-electron chi connectivity index (χ1n) is 5.36. The first-order chi connectivity index (χ1) is 6.45. The van der Waals surface area contributed by atoms with Crippen LogP contribution in [0.5, 0.6) is 0 Å². The van der Waals surface area contributed by atoms with Gasteiger partial charge in [0.05, 0.1) is 0 Å². The average molecular weight is 171 g/mol. The minimum Gasteiger partial charge on any atom is -0.0882 e. The van der Waals surface area contributed by atoms with Gasteiger partial charge in [-0.25, -0.2) is 0 Å². The van der Waals surface area contributed by atoms with Gasteiger partial charge in [0.25, 0.3) is 0 Å². The molecule has 0 saturated heterocycles. The van der Waals surface area contributed by atoms with Crippen molar-refractivity contribution in [3.63, 3.8) is 0 Å². The molecule has 3 rings (SSSR count). The Bertz CT molecular complexity index is 304. The highest BCUT2D eigenvalue weighted by Gasteiger charge is 2.31. The van der Waals surface area contributed by atoms with Crippen LogP contribution in [0.3, 0.4) is 0 Å². The molecule has 0 saturated carbocycles. The number of allylic oxidation sites excluding steroid dienone is 6. The Morgan fingerprint density at radius 3 is 3.23 bits per heavy atom. The Balaban J connectivity index is 1.95. The fourth-order valence-electron chi connectivity index (χ4n) is 2.96. The molecule has 0 nitrogen and oxygen atoms in total. The molecule has 3 aliphatic rings. The molecule has 0 heterocycles. The van der Waals surface area contributed by atoms with Gasteiger partial charge in [0.1, 0.15) is 0 Å². The summed E-state index contributed by atoms with van der Waals surface area (Å²) in [5, 5.41) is 0. The zero-order chi connectivity index (χ0) is 8.67. The zero-order valence-electron chi connectivity index (χ0n) is 7.87. The maximum atomic E-state index is 2.45. The molecule has 1 radical (unpaired) electrons. The molecular weight excluding hydrogens is 156 g/mol. The summed E-state index contributed by atoms with van der Waals surface area (Å²) in [7, 11) is 0. The summed E-state index contributed by atoms with van der Waals surface area (Å²) in [4.78, 5) is 0. The molecule has 13 heavy (non-hydrogen) atoms. The summed E-state index contributed by atoms with van der Waals surface area (Å²) < 4.78 is 0. The van der Waals surface area contributed by atoms with E-state index in [0.717, 1.165) is 11.8 Å². The third-order valence-electron chi connectivity index (χ3n) is 3.63. The molecule has 0 aromatic rings. The molecule has 2 atom stereocenters. The summed E-state index contributed by atoms with van der Waals surface area (Å²) in [6, 6.07) is 0. The van der Waals surface area contributed by atoms with Crippen molar-refractivity contribution in [2.75, 3.05) is 0 Å². The van der Waals surface area contributed by atoms with E-state index >= 15 is 0 Å². The quantitative estimate of drug-likeness (QED) is 0.490. The Labute approximate surface area is 80.0 Å². The van der Waals surface area contributed by atoms with Crippen molar-refractivity contribution < 1.29 is 0 Å². The zero-order valence-corrected chi connectivity index (χ0v) is 7.87. The van der Waals surface area contributed by atoms with Gasteiger partial charge in [-0.05, 0) is 43.1 Å². The highest BCUT2D eigenvalue weighted by molar-refractivity contribution is 5.46. The van der Waals surface area contributed by atoms with Crippen molar-refractivity contribution >= 4 is 0 Å². The second kappa shape index (κ2) is 2.87. The van der Waals surface area contributed by atoms with E-state index in [1.54, 1.807) is 11.1 Å². The van der Waals surface area contributed by atoms with Crippen LogP contribution in [0.2, 0.25) is 0 Å². The van der Waals surface area contributed by atoms with Crippen molar-refractivity contribution in [1.82, 2.24) is 0 Å². The first-order valence-corrected chi connectivity index (χ1v) is 5.36. The number of hydrogen-bond acceptors (Lipinski definition) is 0. The van der Waals surface area contributed by atoms with Crippen LogP contribution in [-0.4, -0.2) is 0 Å². The lowest BCUT2D eigenvalue weighted by Crippen LogP contribution is -2.22. The molecule has 0 fully saturated rings. The van der Waals surface area contributed by atoms with E-state index in [1.807, 2.05) is 0 Å². The third kappa shape index (κ3) is 1.12. The number of rotatable bonds is 0. The number of fused-ring (bicyclic) bond motifs is 2. The molecule has 0 spiro atoms. The second-order valence-corrected chi connectivity index (χ2v) is 4.32. The molecule has 0 aromatic heterocycles. The third-order valence-corrected chi connectivity index (χ3v) is 3.63. The molecular formula is C13H15. The van der Waals surface area contributed by atoms with Crippen LogP contribution < -0.4 is 0 Å². The van der Waals surface area contributed by atoms with E-state index in [2.05, 4.69) is 30.7 Å². The Hall–Kier alpha value is -0.780. The highest BCUT2D eigenvalue weighted by atomic mass is 14.4. The van der Waals surface area contributed by atoms with Crippen LogP contribution in [0.4, 0.5) is 0 Å². The van der Waals surface area contributed by atoms with Gasteiger partial charge in [-0.2, -0.15) is 0 Å². The minimum absolute atomic E-state index is 0.851. The Morgan fingerprint density at radius 2 is 2.23 bits per heavy atom. The fourth-order valence-corrected chi connectivity index (χ4v) is 2.96. The predicted molar refractivity (Wildman–Crippen MR) is 55.1 cm³/mol. The molecule has 67 valence electrons. The maximum absolute atomic E-state index is 2.45. The Kier molecular flexibility index (Phi) is 1.68. The standard InChI is InChI=1S/C13H15/c1-2-6-12-10(4-1)8-9-11-5-3-7-13(11)12/h1,3-5,7,10,12H,2,6,8-9H2. The van der Waals surface area contributed by atoms with Crippen LogP contribution in [0.15, 0.2) is 35.5 Å². The van der Waals surface area contributed by atoms with Gasteiger partial charge < -0.3 is 0 Å². The fraction of sp³-hybridized carbons (Fsp3) is 0.462. The van der Waals surface area contributed by atoms with Gasteiger partial charge in [-0.3, -0.25) is 0 Å². The van der Waals surface area contributed by atoms with Gasteiger partial charge in [0, 0.05) is 6.42 Å². The monoisotopic (exact) mass is 171 g/mol. The molecule has 0 heteroatoms. The van der Waals surface area contributed by atoms with Crippen molar-refractivity contribution in [3.05, 3.63) is 41.9 Å². The highest BCUT2D eigenvalue weighted by Crippen LogP contribution is 2.44. The SMILES string of the molecule is [CH]1C=CC2=C1C1CCC=CC1CC2. The molecule has 0 bridgehead atoms.